The summed E-state index contributed by atoms with van der Waals surface area (Å²) >= 11 is 3.20. The van der Waals surface area contributed by atoms with E-state index in [9.17, 15) is 4.79 Å². The summed E-state index contributed by atoms with van der Waals surface area (Å²) < 4.78 is 5.92. The summed E-state index contributed by atoms with van der Waals surface area (Å²) in [5.74, 6) is 1.97. The molecule has 0 aromatic carbocycles. The van der Waals surface area contributed by atoms with Crippen LogP contribution in [0.2, 0.25) is 0 Å². The van der Waals surface area contributed by atoms with Gasteiger partial charge in [0.15, 0.2) is 5.78 Å². The number of hydrogen-bond acceptors (Lipinski definition) is 6. The molecule has 26 heavy (non-hydrogen) atoms. The van der Waals surface area contributed by atoms with E-state index in [0.29, 0.717) is 5.89 Å². The Hall–Kier alpha value is -1.76. The normalized spacial score (nSPS) is 18.3. The molecule has 4 nitrogen and oxygen atoms in total. The molecule has 1 aliphatic rings. The van der Waals surface area contributed by atoms with Gasteiger partial charge in [-0.25, -0.2) is 4.98 Å². The van der Waals surface area contributed by atoms with Crippen LogP contribution in [0.1, 0.15) is 39.5 Å². The second kappa shape index (κ2) is 7.47. The van der Waals surface area contributed by atoms with Gasteiger partial charge in [-0.15, -0.1) is 22.7 Å². The largest absolute Gasteiger partial charge is 0.440 e. The zero-order chi connectivity index (χ0) is 18.1. The number of likely N-dealkylation sites (tertiary alicyclic amines) is 1. The van der Waals surface area contributed by atoms with Crippen molar-refractivity contribution in [3.8, 4) is 10.8 Å². The van der Waals surface area contributed by atoms with Gasteiger partial charge in [0, 0.05) is 19.0 Å². The fourth-order valence-electron chi connectivity index (χ4n) is 3.51. The number of oxazole rings is 1. The van der Waals surface area contributed by atoms with Crippen LogP contribution in [0.3, 0.4) is 0 Å². The monoisotopic (exact) mass is 386 g/mol. The smallest absolute Gasteiger partial charge is 0.237 e. The number of rotatable bonds is 5. The number of Topliss-reactive ketones (excluding diaryl/α,β-unsaturated/α-hetero) is 1. The lowest BCUT2D eigenvalue weighted by Crippen LogP contribution is -2.38. The molecule has 1 saturated heterocycles. The molecule has 3 aromatic rings. The van der Waals surface area contributed by atoms with Crippen LogP contribution in [-0.4, -0.2) is 28.8 Å². The molecule has 4 heterocycles. The lowest BCUT2D eigenvalue weighted by molar-refractivity contribution is 0.0814. The van der Waals surface area contributed by atoms with Gasteiger partial charge in [-0.3, -0.25) is 9.69 Å². The van der Waals surface area contributed by atoms with Crippen molar-refractivity contribution in [2.24, 2.45) is 5.92 Å². The van der Waals surface area contributed by atoms with Crippen LogP contribution in [0.4, 0.5) is 0 Å². The Kier molecular flexibility index (Phi) is 5.07. The van der Waals surface area contributed by atoms with Crippen molar-refractivity contribution in [3.05, 3.63) is 50.9 Å². The van der Waals surface area contributed by atoms with Crippen LogP contribution in [0.5, 0.6) is 0 Å². The number of aromatic nitrogens is 1. The van der Waals surface area contributed by atoms with E-state index in [1.807, 2.05) is 24.4 Å². The van der Waals surface area contributed by atoms with E-state index < -0.39 is 0 Å². The first kappa shape index (κ1) is 17.6. The molecule has 0 aliphatic carbocycles. The average Bonchev–Trinajstić information content (AvgIpc) is 3.37. The summed E-state index contributed by atoms with van der Waals surface area (Å²) in [6, 6.07) is 5.97. The Bertz CT molecular complexity index is 895. The molecule has 0 radical (unpaired) electrons. The van der Waals surface area contributed by atoms with Crippen LogP contribution in [0.25, 0.3) is 10.8 Å². The van der Waals surface area contributed by atoms with Gasteiger partial charge in [-0.05, 0) is 61.7 Å². The highest BCUT2D eigenvalue weighted by Crippen LogP contribution is 2.31. The number of ketones is 1. The standard InChI is InChI=1S/C20H22N2O2S2/c1-13-7-10-26-19(13)20-21-16(14(2)24-20)12-22-8-3-5-15(11-22)18(23)17-6-4-9-25-17/h4,6-7,9-10,15H,3,5,8,11-12H2,1-2H3/t15-/m1/s1. The van der Waals surface area contributed by atoms with Crippen LogP contribution in [0.15, 0.2) is 33.4 Å². The Morgan fingerprint density at radius 1 is 1.31 bits per heavy atom. The molecule has 1 aliphatic heterocycles. The van der Waals surface area contributed by atoms with Crippen LogP contribution >= 0.6 is 22.7 Å². The number of carbonyl (C=O) groups excluding carboxylic acids is 1. The third-order valence-electron chi connectivity index (χ3n) is 4.96. The summed E-state index contributed by atoms with van der Waals surface area (Å²) in [5, 5.41) is 4.04. The zero-order valence-corrected chi connectivity index (χ0v) is 16.7. The molecule has 1 atom stereocenters. The summed E-state index contributed by atoms with van der Waals surface area (Å²) in [5.41, 5.74) is 2.18. The fraction of sp³-hybridized carbons (Fsp3) is 0.400. The molecule has 0 saturated carbocycles. The van der Waals surface area contributed by atoms with Crippen LogP contribution < -0.4 is 0 Å². The minimum Gasteiger partial charge on any atom is -0.440 e. The number of nitrogens with zero attached hydrogens (tertiary/aromatic N) is 2. The molecule has 0 spiro atoms. The molecule has 0 amide bonds. The van der Waals surface area contributed by atoms with E-state index in [0.717, 1.165) is 53.7 Å². The predicted octanol–water partition coefficient (Wildman–Crippen LogP) is 5.18. The summed E-state index contributed by atoms with van der Waals surface area (Å²) in [4.78, 5) is 21.7. The number of piperidine rings is 1. The van der Waals surface area contributed by atoms with E-state index in [4.69, 9.17) is 9.40 Å². The first-order valence-corrected chi connectivity index (χ1v) is 10.7. The van der Waals surface area contributed by atoms with Crippen molar-refractivity contribution < 1.29 is 9.21 Å². The van der Waals surface area contributed by atoms with E-state index in [-0.39, 0.29) is 11.7 Å². The SMILES string of the molecule is Cc1ccsc1-c1nc(CN2CCC[C@@H](C(=O)c3cccs3)C2)c(C)o1. The van der Waals surface area contributed by atoms with Gasteiger partial charge in [0.2, 0.25) is 5.89 Å². The molecular formula is C20H22N2O2S2. The van der Waals surface area contributed by atoms with E-state index in [1.165, 1.54) is 5.56 Å². The molecule has 136 valence electrons. The zero-order valence-electron chi connectivity index (χ0n) is 15.0. The molecular weight excluding hydrogens is 364 g/mol. The maximum Gasteiger partial charge on any atom is 0.237 e. The minimum absolute atomic E-state index is 0.0913. The highest BCUT2D eigenvalue weighted by Gasteiger charge is 2.28. The second-order valence-corrected chi connectivity index (χ2v) is 8.73. The third-order valence-corrected chi connectivity index (χ3v) is 6.85. The number of hydrogen-bond donors (Lipinski definition) is 0. The first-order chi connectivity index (χ1) is 12.6. The van der Waals surface area contributed by atoms with E-state index in [1.54, 1.807) is 22.7 Å². The third kappa shape index (κ3) is 3.54. The van der Waals surface area contributed by atoms with Crippen LogP contribution in [0, 0.1) is 19.8 Å². The molecule has 4 rings (SSSR count). The van der Waals surface area contributed by atoms with Crippen molar-refractivity contribution in [2.75, 3.05) is 13.1 Å². The van der Waals surface area contributed by atoms with Crippen molar-refractivity contribution in [1.82, 2.24) is 9.88 Å². The molecule has 0 bridgehead atoms. The quantitative estimate of drug-likeness (QED) is 0.567. The topological polar surface area (TPSA) is 46.3 Å². The lowest BCUT2D eigenvalue weighted by Gasteiger charge is -2.31. The molecule has 1 fully saturated rings. The Balaban J connectivity index is 1.46. The Morgan fingerprint density at radius 3 is 2.92 bits per heavy atom. The lowest BCUT2D eigenvalue weighted by atomic mass is 9.93. The molecule has 3 aromatic heterocycles. The highest BCUT2D eigenvalue weighted by atomic mass is 32.1. The van der Waals surface area contributed by atoms with Crippen molar-refractivity contribution in [1.29, 1.82) is 0 Å². The van der Waals surface area contributed by atoms with E-state index >= 15 is 0 Å². The van der Waals surface area contributed by atoms with Gasteiger partial charge in [-0.2, -0.15) is 0 Å². The maximum atomic E-state index is 12.7. The number of thiophene rings is 2. The maximum absolute atomic E-state index is 12.7. The van der Waals surface area contributed by atoms with Gasteiger partial charge in [-0.1, -0.05) is 6.07 Å². The number of aryl methyl sites for hydroxylation is 2. The van der Waals surface area contributed by atoms with Crippen molar-refractivity contribution in [3.63, 3.8) is 0 Å². The minimum atomic E-state index is 0.0913. The van der Waals surface area contributed by atoms with E-state index in [2.05, 4.69) is 23.3 Å². The summed E-state index contributed by atoms with van der Waals surface area (Å²) in [6.45, 7) is 6.61. The van der Waals surface area contributed by atoms with Gasteiger partial charge in [0.05, 0.1) is 15.4 Å². The van der Waals surface area contributed by atoms with Gasteiger partial charge in [0.1, 0.15) is 5.76 Å². The Labute approximate surface area is 161 Å². The van der Waals surface area contributed by atoms with Gasteiger partial charge in [0.25, 0.3) is 0 Å². The van der Waals surface area contributed by atoms with Gasteiger partial charge < -0.3 is 4.42 Å². The molecule has 6 heteroatoms. The van der Waals surface area contributed by atoms with Crippen molar-refractivity contribution >= 4 is 28.5 Å². The highest BCUT2D eigenvalue weighted by molar-refractivity contribution is 7.13. The van der Waals surface area contributed by atoms with Gasteiger partial charge >= 0.3 is 0 Å². The number of carbonyl (C=O) groups is 1. The van der Waals surface area contributed by atoms with Crippen LogP contribution in [-0.2, 0) is 6.54 Å². The summed E-state index contributed by atoms with van der Waals surface area (Å²) in [7, 11) is 0. The average molecular weight is 387 g/mol. The Morgan fingerprint density at radius 2 is 2.19 bits per heavy atom. The molecule has 0 N–H and O–H groups in total. The second-order valence-electron chi connectivity index (χ2n) is 6.87. The predicted molar refractivity (Wildman–Crippen MR) is 106 cm³/mol. The van der Waals surface area contributed by atoms with Crippen molar-refractivity contribution in [2.45, 2.75) is 33.2 Å². The summed E-state index contributed by atoms with van der Waals surface area (Å²) in [6.07, 6.45) is 2.03. The molecule has 0 unspecified atom stereocenters. The first-order valence-electron chi connectivity index (χ1n) is 8.92. The fourth-order valence-corrected chi connectivity index (χ4v) is 5.10.